The maximum atomic E-state index is 5.57. The highest BCUT2D eigenvalue weighted by Gasteiger charge is 2.22. The number of methoxy groups -OCH3 is 1. The fourth-order valence-corrected chi connectivity index (χ4v) is 3.09. The molecule has 0 spiro atoms. The normalized spacial score (nSPS) is 16.5. The molecule has 3 rings (SSSR count). The predicted molar refractivity (Wildman–Crippen MR) is 71.7 cm³/mol. The number of fused-ring (bicyclic) bond motifs is 1. The summed E-state index contributed by atoms with van der Waals surface area (Å²) in [6.07, 6.45) is 5.34. The Morgan fingerprint density at radius 2 is 1.76 bits per heavy atom. The van der Waals surface area contributed by atoms with Crippen LogP contribution in [0, 0.1) is 0 Å². The van der Waals surface area contributed by atoms with Crippen molar-refractivity contribution in [3.05, 3.63) is 42.0 Å². The van der Waals surface area contributed by atoms with Crippen molar-refractivity contribution >= 4 is 10.8 Å². The first-order chi connectivity index (χ1) is 8.40. The molecule has 1 aliphatic carbocycles. The minimum Gasteiger partial charge on any atom is -0.496 e. The number of benzene rings is 2. The molecular weight excluding hydrogens is 208 g/mol. The van der Waals surface area contributed by atoms with E-state index in [0.29, 0.717) is 5.92 Å². The lowest BCUT2D eigenvalue weighted by Gasteiger charge is -2.17. The molecular formula is C16H18O. The van der Waals surface area contributed by atoms with E-state index < -0.39 is 0 Å². The van der Waals surface area contributed by atoms with E-state index in [0.717, 1.165) is 5.75 Å². The Kier molecular flexibility index (Phi) is 2.76. The number of hydrogen-bond acceptors (Lipinski definition) is 1. The molecule has 1 nitrogen and oxygen atoms in total. The lowest BCUT2D eigenvalue weighted by atomic mass is 9.91. The van der Waals surface area contributed by atoms with E-state index in [-0.39, 0.29) is 0 Å². The van der Waals surface area contributed by atoms with Crippen molar-refractivity contribution in [3.8, 4) is 5.75 Å². The fraction of sp³-hybridized carbons (Fsp3) is 0.375. The van der Waals surface area contributed by atoms with E-state index >= 15 is 0 Å². The minimum atomic E-state index is 0.691. The minimum absolute atomic E-state index is 0.691. The third-order valence-corrected chi connectivity index (χ3v) is 3.91. The summed E-state index contributed by atoms with van der Waals surface area (Å²) in [6.45, 7) is 0. The highest BCUT2D eigenvalue weighted by molar-refractivity contribution is 5.88. The SMILES string of the molecule is COc1ccc2ccccc2c1C1CCCC1. The van der Waals surface area contributed by atoms with Gasteiger partial charge in [-0.2, -0.15) is 0 Å². The molecule has 0 atom stereocenters. The zero-order valence-electron chi connectivity index (χ0n) is 10.3. The monoisotopic (exact) mass is 226 g/mol. The van der Waals surface area contributed by atoms with Crippen molar-refractivity contribution in [2.24, 2.45) is 0 Å². The molecule has 0 unspecified atom stereocenters. The first-order valence-electron chi connectivity index (χ1n) is 6.46. The smallest absolute Gasteiger partial charge is 0.122 e. The average molecular weight is 226 g/mol. The second-order valence-electron chi connectivity index (χ2n) is 4.88. The Balaban J connectivity index is 2.23. The standard InChI is InChI=1S/C16H18O/c1-17-15-11-10-12-6-4-5-9-14(12)16(15)13-7-2-3-8-13/h4-6,9-11,13H,2-3,7-8H2,1H3. The summed E-state index contributed by atoms with van der Waals surface area (Å²) in [7, 11) is 1.78. The van der Waals surface area contributed by atoms with E-state index in [4.69, 9.17) is 4.74 Å². The summed E-state index contributed by atoms with van der Waals surface area (Å²) < 4.78 is 5.57. The summed E-state index contributed by atoms with van der Waals surface area (Å²) in [4.78, 5) is 0. The number of hydrogen-bond donors (Lipinski definition) is 0. The number of ether oxygens (including phenoxy) is 1. The molecule has 0 aliphatic heterocycles. The Hall–Kier alpha value is -1.50. The van der Waals surface area contributed by atoms with Crippen LogP contribution in [0.3, 0.4) is 0 Å². The van der Waals surface area contributed by atoms with Crippen LogP contribution in [0.4, 0.5) is 0 Å². The van der Waals surface area contributed by atoms with Gasteiger partial charge in [0.2, 0.25) is 0 Å². The largest absolute Gasteiger partial charge is 0.496 e. The van der Waals surface area contributed by atoms with Crippen LogP contribution in [0.15, 0.2) is 36.4 Å². The van der Waals surface area contributed by atoms with Crippen molar-refractivity contribution in [1.29, 1.82) is 0 Å². The van der Waals surface area contributed by atoms with Gasteiger partial charge in [-0.25, -0.2) is 0 Å². The molecule has 0 bridgehead atoms. The Morgan fingerprint density at radius 1 is 1.00 bits per heavy atom. The van der Waals surface area contributed by atoms with Crippen molar-refractivity contribution < 1.29 is 4.74 Å². The van der Waals surface area contributed by atoms with Gasteiger partial charge in [0.25, 0.3) is 0 Å². The van der Waals surface area contributed by atoms with Crippen LogP contribution in [0.2, 0.25) is 0 Å². The van der Waals surface area contributed by atoms with Gasteiger partial charge in [0.1, 0.15) is 5.75 Å². The van der Waals surface area contributed by atoms with Gasteiger partial charge >= 0.3 is 0 Å². The van der Waals surface area contributed by atoms with Crippen LogP contribution in [0.5, 0.6) is 5.75 Å². The van der Waals surface area contributed by atoms with Gasteiger partial charge in [-0.15, -0.1) is 0 Å². The van der Waals surface area contributed by atoms with Gasteiger partial charge < -0.3 is 4.74 Å². The fourth-order valence-electron chi connectivity index (χ4n) is 3.09. The average Bonchev–Trinajstić information content (AvgIpc) is 2.91. The lowest BCUT2D eigenvalue weighted by molar-refractivity contribution is 0.406. The Labute approximate surface area is 102 Å². The molecule has 0 heterocycles. The van der Waals surface area contributed by atoms with Crippen LogP contribution in [-0.4, -0.2) is 7.11 Å². The van der Waals surface area contributed by atoms with Crippen molar-refractivity contribution in [3.63, 3.8) is 0 Å². The van der Waals surface area contributed by atoms with Gasteiger partial charge in [-0.05, 0) is 35.6 Å². The molecule has 1 saturated carbocycles. The maximum absolute atomic E-state index is 5.57. The van der Waals surface area contributed by atoms with E-state index in [1.54, 1.807) is 7.11 Å². The van der Waals surface area contributed by atoms with Crippen molar-refractivity contribution in [2.45, 2.75) is 31.6 Å². The second kappa shape index (κ2) is 4.40. The van der Waals surface area contributed by atoms with E-state index in [2.05, 4.69) is 36.4 Å². The van der Waals surface area contributed by atoms with E-state index in [1.165, 1.54) is 42.0 Å². The zero-order chi connectivity index (χ0) is 11.7. The number of rotatable bonds is 2. The zero-order valence-corrected chi connectivity index (χ0v) is 10.3. The van der Waals surface area contributed by atoms with Crippen LogP contribution in [-0.2, 0) is 0 Å². The van der Waals surface area contributed by atoms with Crippen LogP contribution in [0.1, 0.15) is 37.2 Å². The lowest BCUT2D eigenvalue weighted by Crippen LogP contribution is -1.98. The summed E-state index contributed by atoms with van der Waals surface area (Å²) in [5.74, 6) is 1.76. The Bertz CT molecular complexity index is 524. The molecule has 1 aliphatic rings. The molecule has 2 aromatic rings. The van der Waals surface area contributed by atoms with Gasteiger partial charge in [0, 0.05) is 5.56 Å². The van der Waals surface area contributed by atoms with Crippen molar-refractivity contribution in [1.82, 2.24) is 0 Å². The van der Waals surface area contributed by atoms with Gasteiger partial charge in [-0.1, -0.05) is 43.2 Å². The summed E-state index contributed by atoms with van der Waals surface area (Å²) in [5.41, 5.74) is 1.43. The summed E-state index contributed by atoms with van der Waals surface area (Å²) >= 11 is 0. The Morgan fingerprint density at radius 3 is 2.53 bits per heavy atom. The van der Waals surface area contributed by atoms with Gasteiger partial charge in [-0.3, -0.25) is 0 Å². The van der Waals surface area contributed by atoms with E-state index in [9.17, 15) is 0 Å². The van der Waals surface area contributed by atoms with E-state index in [1.807, 2.05) is 0 Å². The second-order valence-corrected chi connectivity index (χ2v) is 4.88. The molecule has 1 heteroatoms. The molecule has 2 aromatic carbocycles. The summed E-state index contributed by atoms with van der Waals surface area (Å²) in [5, 5.41) is 2.70. The molecule has 0 aromatic heterocycles. The van der Waals surface area contributed by atoms with Crippen LogP contribution < -0.4 is 4.74 Å². The summed E-state index contributed by atoms with van der Waals surface area (Å²) in [6, 6.07) is 12.9. The third kappa shape index (κ3) is 1.80. The molecule has 0 radical (unpaired) electrons. The molecule has 0 saturated heterocycles. The quantitative estimate of drug-likeness (QED) is 0.732. The van der Waals surface area contributed by atoms with Gasteiger partial charge in [0.15, 0.2) is 0 Å². The molecule has 1 fully saturated rings. The first-order valence-corrected chi connectivity index (χ1v) is 6.46. The molecule has 0 amide bonds. The molecule has 88 valence electrons. The maximum Gasteiger partial charge on any atom is 0.122 e. The van der Waals surface area contributed by atoms with Crippen molar-refractivity contribution in [2.75, 3.05) is 7.11 Å². The third-order valence-electron chi connectivity index (χ3n) is 3.91. The van der Waals surface area contributed by atoms with Gasteiger partial charge in [0.05, 0.1) is 7.11 Å². The topological polar surface area (TPSA) is 9.23 Å². The van der Waals surface area contributed by atoms with Crippen LogP contribution >= 0.6 is 0 Å². The molecule has 17 heavy (non-hydrogen) atoms. The molecule has 0 N–H and O–H groups in total. The van der Waals surface area contributed by atoms with Crippen LogP contribution in [0.25, 0.3) is 10.8 Å². The predicted octanol–water partition coefficient (Wildman–Crippen LogP) is 4.51. The highest BCUT2D eigenvalue weighted by atomic mass is 16.5. The highest BCUT2D eigenvalue weighted by Crippen LogP contribution is 2.42. The first kappa shape index (κ1) is 10.6.